The van der Waals surface area contributed by atoms with E-state index in [1.165, 1.54) is 24.4 Å². The molecule has 5 heteroatoms. The summed E-state index contributed by atoms with van der Waals surface area (Å²) in [4.78, 5) is 11.9. The predicted octanol–water partition coefficient (Wildman–Crippen LogP) is 2.58. The summed E-state index contributed by atoms with van der Waals surface area (Å²) < 4.78 is 5.16. The molecule has 2 rings (SSSR count). The predicted molar refractivity (Wildman–Crippen MR) is 69.2 cm³/mol. The van der Waals surface area contributed by atoms with Crippen molar-refractivity contribution in [2.45, 2.75) is 32.7 Å². The maximum absolute atomic E-state index is 11.9. The SMILES string of the molecule is Cc1nsc(I)c1C(=O)N[C@@H](C)C1CC1. The topological polar surface area (TPSA) is 42.0 Å². The number of carbonyl (C=O) groups is 1. The zero-order chi connectivity index (χ0) is 11.0. The fraction of sp³-hybridized carbons (Fsp3) is 0.600. The second-order valence-electron chi connectivity index (χ2n) is 4.02. The highest BCUT2D eigenvalue weighted by molar-refractivity contribution is 14.1. The first-order valence-corrected chi connectivity index (χ1v) is 6.87. The number of hydrogen-bond donors (Lipinski definition) is 1. The van der Waals surface area contributed by atoms with Crippen LogP contribution in [0.4, 0.5) is 0 Å². The van der Waals surface area contributed by atoms with Crippen molar-refractivity contribution in [3.63, 3.8) is 0 Å². The molecule has 0 spiro atoms. The lowest BCUT2D eigenvalue weighted by Crippen LogP contribution is -2.34. The third kappa shape index (κ3) is 2.50. The number of aryl methyl sites for hydroxylation is 1. The first-order valence-electron chi connectivity index (χ1n) is 5.02. The highest BCUT2D eigenvalue weighted by Gasteiger charge is 2.30. The van der Waals surface area contributed by atoms with Crippen LogP contribution in [-0.4, -0.2) is 16.3 Å². The smallest absolute Gasteiger partial charge is 0.255 e. The van der Waals surface area contributed by atoms with Gasteiger partial charge in [-0.2, -0.15) is 4.37 Å². The summed E-state index contributed by atoms with van der Waals surface area (Å²) in [6.07, 6.45) is 2.50. The van der Waals surface area contributed by atoms with E-state index in [1.54, 1.807) is 0 Å². The Morgan fingerprint density at radius 3 is 2.80 bits per heavy atom. The van der Waals surface area contributed by atoms with Gasteiger partial charge in [0.1, 0.15) is 0 Å². The number of hydrogen-bond acceptors (Lipinski definition) is 3. The van der Waals surface area contributed by atoms with E-state index in [9.17, 15) is 4.79 Å². The van der Waals surface area contributed by atoms with Crippen LogP contribution in [0.2, 0.25) is 0 Å². The summed E-state index contributed by atoms with van der Waals surface area (Å²) >= 11 is 3.56. The minimum absolute atomic E-state index is 0.0325. The van der Waals surface area contributed by atoms with Gasteiger partial charge in [0.2, 0.25) is 0 Å². The third-order valence-electron chi connectivity index (χ3n) is 2.74. The van der Waals surface area contributed by atoms with E-state index < -0.39 is 0 Å². The van der Waals surface area contributed by atoms with Gasteiger partial charge >= 0.3 is 0 Å². The van der Waals surface area contributed by atoms with Gasteiger partial charge in [0.25, 0.3) is 5.91 Å². The molecule has 0 aromatic carbocycles. The van der Waals surface area contributed by atoms with E-state index in [0.29, 0.717) is 12.0 Å². The first-order chi connectivity index (χ1) is 7.09. The molecule has 0 aliphatic heterocycles. The molecule has 1 aromatic heterocycles. The summed E-state index contributed by atoms with van der Waals surface area (Å²) in [6, 6.07) is 0.299. The largest absolute Gasteiger partial charge is 0.349 e. The average molecular weight is 336 g/mol. The van der Waals surface area contributed by atoms with Crippen LogP contribution in [0.15, 0.2) is 0 Å². The molecule has 1 atom stereocenters. The van der Waals surface area contributed by atoms with Crippen molar-refractivity contribution in [2.75, 3.05) is 0 Å². The lowest BCUT2D eigenvalue weighted by Gasteiger charge is -2.12. The Morgan fingerprint density at radius 2 is 2.33 bits per heavy atom. The van der Waals surface area contributed by atoms with Gasteiger partial charge in [-0.1, -0.05) is 0 Å². The van der Waals surface area contributed by atoms with Gasteiger partial charge in [0, 0.05) is 6.04 Å². The summed E-state index contributed by atoms with van der Waals surface area (Å²) in [5.41, 5.74) is 1.60. The van der Waals surface area contributed by atoms with Gasteiger partial charge in [-0.25, -0.2) is 0 Å². The highest BCUT2D eigenvalue weighted by atomic mass is 127. The highest BCUT2D eigenvalue weighted by Crippen LogP contribution is 2.32. The molecule has 1 fully saturated rings. The van der Waals surface area contributed by atoms with Crippen LogP contribution in [0.1, 0.15) is 35.8 Å². The normalized spacial score (nSPS) is 17.5. The van der Waals surface area contributed by atoms with Crippen LogP contribution in [0.5, 0.6) is 0 Å². The maximum Gasteiger partial charge on any atom is 0.255 e. The van der Waals surface area contributed by atoms with Crippen molar-refractivity contribution in [3.8, 4) is 0 Å². The van der Waals surface area contributed by atoms with E-state index in [-0.39, 0.29) is 5.91 Å². The van der Waals surface area contributed by atoms with Crippen LogP contribution < -0.4 is 5.32 Å². The Bertz CT molecular complexity index is 367. The van der Waals surface area contributed by atoms with Crippen molar-refractivity contribution in [1.82, 2.24) is 9.69 Å². The maximum atomic E-state index is 11.9. The molecule has 1 saturated carbocycles. The lowest BCUT2D eigenvalue weighted by molar-refractivity contribution is 0.0934. The average Bonchev–Trinajstić information content (AvgIpc) is 2.94. The Balaban J connectivity index is 2.06. The molecule has 1 aromatic rings. The summed E-state index contributed by atoms with van der Waals surface area (Å²) in [7, 11) is 0. The minimum Gasteiger partial charge on any atom is -0.349 e. The van der Waals surface area contributed by atoms with Gasteiger partial charge in [0.05, 0.1) is 14.1 Å². The van der Waals surface area contributed by atoms with Crippen LogP contribution in [-0.2, 0) is 0 Å². The lowest BCUT2D eigenvalue weighted by atomic mass is 10.2. The fourth-order valence-corrected chi connectivity index (χ4v) is 3.16. The van der Waals surface area contributed by atoms with Crippen LogP contribution in [0.3, 0.4) is 0 Å². The molecule has 3 nitrogen and oxygen atoms in total. The van der Waals surface area contributed by atoms with Gasteiger partial charge in [0.15, 0.2) is 0 Å². The van der Waals surface area contributed by atoms with Crippen LogP contribution >= 0.6 is 34.1 Å². The molecular weight excluding hydrogens is 323 g/mol. The van der Waals surface area contributed by atoms with Gasteiger partial charge in [-0.15, -0.1) is 0 Å². The Morgan fingerprint density at radius 1 is 1.67 bits per heavy atom. The number of rotatable bonds is 3. The van der Waals surface area contributed by atoms with Gasteiger partial charge in [-0.05, 0) is 66.7 Å². The molecule has 15 heavy (non-hydrogen) atoms. The molecule has 0 bridgehead atoms. The van der Waals surface area contributed by atoms with E-state index >= 15 is 0 Å². The molecule has 1 amide bonds. The van der Waals surface area contributed by atoms with Crippen LogP contribution in [0.25, 0.3) is 0 Å². The number of nitrogens with zero attached hydrogens (tertiary/aromatic N) is 1. The van der Waals surface area contributed by atoms with E-state index in [4.69, 9.17) is 0 Å². The van der Waals surface area contributed by atoms with Crippen LogP contribution in [0, 0.1) is 15.7 Å². The van der Waals surface area contributed by atoms with Crippen molar-refractivity contribution in [1.29, 1.82) is 0 Å². The molecule has 0 saturated heterocycles. The van der Waals surface area contributed by atoms with Gasteiger partial charge < -0.3 is 5.32 Å². The number of aromatic nitrogens is 1. The molecular formula is C10H13IN2OS. The quantitative estimate of drug-likeness (QED) is 0.862. The van der Waals surface area contributed by atoms with Gasteiger partial charge in [-0.3, -0.25) is 4.79 Å². The Kier molecular flexibility index (Phi) is 3.30. The van der Waals surface area contributed by atoms with Crippen molar-refractivity contribution < 1.29 is 4.79 Å². The zero-order valence-corrected chi connectivity index (χ0v) is 11.7. The van der Waals surface area contributed by atoms with Crippen molar-refractivity contribution >= 4 is 40.0 Å². The Labute approximate surface area is 107 Å². The minimum atomic E-state index is 0.0325. The third-order valence-corrected chi connectivity index (χ3v) is 4.60. The number of nitrogens with one attached hydrogen (secondary N) is 1. The second-order valence-corrected chi connectivity index (χ2v) is 6.60. The standard InChI is InChI=1S/C10H13IN2OS/c1-5(7-3-4-7)12-10(14)8-6(2)13-15-9(8)11/h5,7H,3-4H2,1-2H3,(H,12,14)/t5-/m0/s1. The molecule has 0 unspecified atom stereocenters. The Hall–Kier alpha value is -0.170. The number of amides is 1. The molecule has 1 N–H and O–H groups in total. The molecule has 1 heterocycles. The van der Waals surface area contributed by atoms with E-state index in [0.717, 1.165) is 14.1 Å². The molecule has 0 radical (unpaired) electrons. The number of halogens is 1. The number of carbonyl (C=O) groups excluding carboxylic acids is 1. The van der Waals surface area contributed by atoms with E-state index in [2.05, 4.69) is 39.2 Å². The monoisotopic (exact) mass is 336 g/mol. The van der Waals surface area contributed by atoms with Crippen molar-refractivity contribution in [2.24, 2.45) is 5.92 Å². The molecule has 1 aliphatic carbocycles. The fourth-order valence-electron chi connectivity index (χ4n) is 1.59. The summed E-state index contributed by atoms with van der Waals surface area (Å²) in [6.45, 7) is 3.97. The molecule has 82 valence electrons. The summed E-state index contributed by atoms with van der Waals surface area (Å²) in [5.74, 6) is 0.726. The summed E-state index contributed by atoms with van der Waals surface area (Å²) in [5, 5.41) is 3.05. The molecule has 1 aliphatic rings. The van der Waals surface area contributed by atoms with E-state index in [1.807, 2.05) is 6.92 Å². The first kappa shape index (κ1) is 11.3. The zero-order valence-electron chi connectivity index (χ0n) is 8.71. The second kappa shape index (κ2) is 4.37. The van der Waals surface area contributed by atoms with Crippen molar-refractivity contribution in [3.05, 3.63) is 14.1 Å².